The first-order chi connectivity index (χ1) is 11.6. The van der Waals surface area contributed by atoms with Crippen LogP contribution < -0.4 is 10.6 Å². The molecule has 0 spiro atoms. The van der Waals surface area contributed by atoms with Crippen LogP contribution in [0.25, 0.3) is 0 Å². The van der Waals surface area contributed by atoms with E-state index in [4.69, 9.17) is 0 Å². The molecule has 0 fully saturated rings. The van der Waals surface area contributed by atoms with Crippen LogP contribution in [0, 0.1) is 0 Å². The zero-order chi connectivity index (χ0) is 17.4. The van der Waals surface area contributed by atoms with Gasteiger partial charge in [0.05, 0.1) is 12.6 Å². The number of carbonyl (C=O) groups excluding carboxylic acids is 2. The topological polar surface area (TPSA) is 78.4 Å². The number of nitrogens with one attached hydrogen (secondary N) is 2. The van der Waals surface area contributed by atoms with Crippen molar-refractivity contribution >= 4 is 11.8 Å². The van der Waals surface area contributed by atoms with E-state index in [1.807, 2.05) is 36.4 Å². The minimum absolute atomic E-state index is 0.141. The number of amides is 2. The Bertz CT molecular complexity index is 659. The molecule has 2 unspecified atom stereocenters. The van der Waals surface area contributed by atoms with Gasteiger partial charge in [-0.3, -0.25) is 9.59 Å². The summed E-state index contributed by atoms with van der Waals surface area (Å²) >= 11 is 0. The van der Waals surface area contributed by atoms with Crippen molar-refractivity contribution in [2.24, 2.45) is 0 Å². The molecule has 2 aromatic rings. The van der Waals surface area contributed by atoms with Crippen molar-refractivity contribution < 1.29 is 14.7 Å². The minimum Gasteiger partial charge on any atom is -0.394 e. The van der Waals surface area contributed by atoms with E-state index in [2.05, 4.69) is 10.6 Å². The first kappa shape index (κ1) is 17.7. The highest BCUT2D eigenvalue weighted by Gasteiger charge is 2.17. The van der Waals surface area contributed by atoms with Gasteiger partial charge in [0, 0.05) is 18.0 Å². The molecular formula is C19H22N2O3. The van der Waals surface area contributed by atoms with Crippen LogP contribution in [0.4, 0.5) is 0 Å². The van der Waals surface area contributed by atoms with Gasteiger partial charge in [-0.05, 0) is 24.6 Å². The molecule has 24 heavy (non-hydrogen) atoms. The molecule has 0 aliphatic heterocycles. The van der Waals surface area contributed by atoms with Gasteiger partial charge in [-0.2, -0.15) is 0 Å². The lowest BCUT2D eigenvalue weighted by Crippen LogP contribution is -2.39. The summed E-state index contributed by atoms with van der Waals surface area (Å²) in [5.41, 5.74) is 1.40. The van der Waals surface area contributed by atoms with Crippen LogP contribution >= 0.6 is 0 Å². The second-order valence-corrected chi connectivity index (χ2v) is 5.66. The summed E-state index contributed by atoms with van der Waals surface area (Å²) in [4.78, 5) is 24.2. The van der Waals surface area contributed by atoms with E-state index in [1.54, 1.807) is 31.2 Å². The van der Waals surface area contributed by atoms with Crippen molar-refractivity contribution in [1.29, 1.82) is 0 Å². The van der Waals surface area contributed by atoms with Crippen LogP contribution in [0.15, 0.2) is 60.7 Å². The zero-order valence-corrected chi connectivity index (χ0v) is 13.6. The molecule has 2 atom stereocenters. The molecule has 0 aromatic heterocycles. The van der Waals surface area contributed by atoms with E-state index in [0.29, 0.717) is 5.56 Å². The van der Waals surface area contributed by atoms with Crippen LogP contribution in [0.2, 0.25) is 0 Å². The number of rotatable bonds is 7. The fourth-order valence-corrected chi connectivity index (χ4v) is 2.40. The Hall–Kier alpha value is -2.66. The van der Waals surface area contributed by atoms with Gasteiger partial charge < -0.3 is 15.7 Å². The molecular weight excluding hydrogens is 304 g/mol. The van der Waals surface area contributed by atoms with Crippen LogP contribution in [0.5, 0.6) is 0 Å². The second kappa shape index (κ2) is 8.84. The molecule has 0 saturated carbocycles. The Labute approximate surface area is 141 Å². The lowest BCUT2D eigenvalue weighted by molar-refractivity contribution is -0.122. The Kier molecular flexibility index (Phi) is 6.51. The summed E-state index contributed by atoms with van der Waals surface area (Å²) in [6.07, 6.45) is 0.141. The predicted octanol–water partition coefficient (Wildman–Crippen LogP) is 2.04. The smallest absolute Gasteiger partial charge is 0.251 e. The molecule has 2 aromatic carbocycles. The van der Waals surface area contributed by atoms with Gasteiger partial charge in [0.1, 0.15) is 0 Å². The van der Waals surface area contributed by atoms with Gasteiger partial charge >= 0.3 is 0 Å². The fourth-order valence-electron chi connectivity index (χ4n) is 2.40. The number of aliphatic hydroxyl groups is 1. The standard InChI is InChI=1S/C19H22N2O3/c1-14(20-19(24)16-10-6-3-7-11-16)12-18(23)21-17(13-22)15-8-4-2-5-9-15/h2-11,14,17,22H,12-13H2,1H3,(H,20,24)(H,21,23). The van der Waals surface area contributed by atoms with Crippen LogP contribution in [-0.2, 0) is 4.79 Å². The van der Waals surface area contributed by atoms with Crippen molar-refractivity contribution in [2.45, 2.75) is 25.4 Å². The average Bonchev–Trinajstić information content (AvgIpc) is 2.61. The summed E-state index contributed by atoms with van der Waals surface area (Å²) in [6.45, 7) is 1.59. The lowest BCUT2D eigenvalue weighted by Gasteiger charge is -2.19. The molecule has 0 heterocycles. The molecule has 5 heteroatoms. The molecule has 0 aliphatic rings. The highest BCUT2D eigenvalue weighted by molar-refractivity contribution is 5.94. The van der Waals surface area contributed by atoms with Gasteiger partial charge in [-0.25, -0.2) is 0 Å². The van der Waals surface area contributed by atoms with Crippen molar-refractivity contribution in [2.75, 3.05) is 6.61 Å². The third kappa shape index (κ3) is 5.21. The summed E-state index contributed by atoms with van der Waals surface area (Å²) in [5.74, 6) is -0.434. The van der Waals surface area contributed by atoms with Crippen molar-refractivity contribution in [3.05, 3.63) is 71.8 Å². The van der Waals surface area contributed by atoms with Gasteiger partial charge in [0.15, 0.2) is 0 Å². The van der Waals surface area contributed by atoms with Crippen molar-refractivity contribution in [3.8, 4) is 0 Å². The molecule has 0 radical (unpaired) electrons. The minimum atomic E-state index is -0.448. The van der Waals surface area contributed by atoms with Gasteiger partial charge in [-0.1, -0.05) is 48.5 Å². The number of hydrogen-bond donors (Lipinski definition) is 3. The second-order valence-electron chi connectivity index (χ2n) is 5.66. The van der Waals surface area contributed by atoms with Gasteiger partial charge in [0.2, 0.25) is 5.91 Å². The SMILES string of the molecule is CC(CC(=O)NC(CO)c1ccccc1)NC(=O)c1ccccc1. The van der Waals surface area contributed by atoms with Crippen LogP contribution in [-0.4, -0.2) is 29.6 Å². The summed E-state index contributed by atoms with van der Waals surface area (Å²) in [6, 6.07) is 17.4. The van der Waals surface area contributed by atoms with E-state index in [0.717, 1.165) is 5.56 Å². The maximum absolute atomic E-state index is 12.1. The maximum atomic E-state index is 12.1. The maximum Gasteiger partial charge on any atom is 0.251 e. The molecule has 0 bridgehead atoms. The van der Waals surface area contributed by atoms with Crippen molar-refractivity contribution in [3.63, 3.8) is 0 Å². The van der Waals surface area contributed by atoms with Gasteiger partial charge in [0.25, 0.3) is 5.91 Å². The van der Waals surface area contributed by atoms with Crippen LogP contribution in [0.1, 0.15) is 35.3 Å². The normalized spacial score (nSPS) is 12.9. The molecule has 2 amide bonds. The Morgan fingerprint density at radius 1 is 0.958 bits per heavy atom. The van der Waals surface area contributed by atoms with Crippen LogP contribution in [0.3, 0.4) is 0 Å². The monoisotopic (exact) mass is 326 g/mol. The predicted molar refractivity (Wildman–Crippen MR) is 92.4 cm³/mol. The molecule has 5 nitrogen and oxygen atoms in total. The number of carbonyl (C=O) groups is 2. The van der Waals surface area contributed by atoms with E-state index < -0.39 is 6.04 Å². The highest BCUT2D eigenvalue weighted by Crippen LogP contribution is 2.12. The van der Waals surface area contributed by atoms with Crippen molar-refractivity contribution in [1.82, 2.24) is 10.6 Å². The fraction of sp³-hybridized carbons (Fsp3) is 0.263. The molecule has 0 saturated heterocycles. The van der Waals surface area contributed by atoms with E-state index in [1.165, 1.54) is 0 Å². The Balaban J connectivity index is 1.86. The van der Waals surface area contributed by atoms with E-state index in [-0.39, 0.29) is 30.9 Å². The number of benzene rings is 2. The number of hydrogen-bond acceptors (Lipinski definition) is 3. The molecule has 0 aliphatic carbocycles. The summed E-state index contributed by atoms with van der Waals surface area (Å²) in [7, 11) is 0. The first-order valence-electron chi connectivity index (χ1n) is 7.91. The zero-order valence-electron chi connectivity index (χ0n) is 13.6. The summed E-state index contributed by atoms with van der Waals surface area (Å²) in [5, 5.41) is 15.1. The number of aliphatic hydroxyl groups excluding tert-OH is 1. The average molecular weight is 326 g/mol. The Morgan fingerprint density at radius 3 is 2.12 bits per heavy atom. The first-order valence-corrected chi connectivity index (χ1v) is 7.91. The van der Waals surface area contributed by atoms with Gasteiger partial charge in [-0.15, -0.1) is 0 Å². The third-order valence-electron chi connectivity index (χ3n) is 3.62. The quantitative estimate of drug-likeness (QED) is 0.728. The molecule has 2 rings (SSSR count). The third-order valence-corrected chi connectivity index (χ3v) is 3.62. The van der Waals surface area contributed by atoms with E-state index >= 15 is 0 Å². The summed E-state index contributed by atoms with van der Waals surface area (Å²) < 4.78 is 0. The lowest BCUT2D eigenvalue weighted by atomic mass is 10.1. The molecule has 126 valence electrons. The molecule has 3 N–H and O–H groups in total. The highest BCUT2D eigenvalue weighted by atomic mass is 16.3. The van der Waals surface area contributed by atoms with E-state index in [9.17, 15) is 14.7 Å². The largest absolute Gasteiger partial charge is 0.394 e. The Morgan fingerprint density at radius 2 is 1.54 bits per heavy atom.